The molecular weight excluding hydrogens is 402 g/mol. The summed E-state index contributed by atoms with van der Waals surface area (Å²) in [5.41, 5.74) is 0. The van der Waals surface area contributed by atoms with Gasteiger partial charge in [-0.15, -0.1) is 11.6 Å². The zero-order valence-electron chi connectivity index (χ0n) is 15.8. The first-order chi connectivity index (χ1) is 13.0. The van der Waals surface area contributed by atoms with Crippen LogP contribution in [0.1, 0.15) is 34.1 Å². The van der Waals surface area contributed by atoms with E-state index in [1.54, 1.807) is 0 Å². The Hall–Kier alpha value is -2.40. The van der Waals surface area contributed by atoms with Crippen LogP contribution in [0.2, 0.25) is 0 Å². The lowest BCUT2D eigenvalue weighted by Gasteiger charge is -2.45. The van der Waals surface area contributed by atoms with E-state index in [4.69, 9.17) is 35.3 Å². The van der Waals surface area contributed by atoms with Gasteiger partial charge in [-0.2, -0.15) is 0 Å². The highest BCUT2D eigenvalue weighted by atomic mass is 35.5. The van der Waals surface area contributed by atoms with E-state index in [1.165, 1.54) is 0 Å². The Balaban J connectivity index is 3.31. The molecule has 4 atom stereocenters. The summed E-state index contributed by atoms with van der Waals surface area (Å²) in [6, 6.07) is 0. The highest BCUT2D eigenvalue weighted by molar-refractivity contribution is 6.27. The largest absolute Gasteiger partial charge is 0.463 e. The zero-order chi connectivity index (χ0) is 21.5. The van der Waals surface area contributed by atoms with Crippen molar-refractivity contribution in [2.45, 2.75) is 58.3 Å². The standard InChI is InChI=1S/C16H22ClNO10/c1-8(19)24-7-13-15(26-10(3)21)12(25-9(2)20)5-16(28-13,27-11(4)22)18-14(23)6-17/h12-13,15H,5-7H2,1-4H3,(H,18,23)/t12-,13-,15+,16?/m1/s1. The first-order valence-electron chi connectivity index (χ1n) is 8.20. The van der Waals surface area contributed by atoms with Gasteiger partial charge in [-0.05, 0) is 0 Å². The molecule has 1 aliphatic rings. The molecule has 0 saturated carbocycles. The second kappa shape index (κ2) is 10.2. The van der Waals surface area contributed by atoms with Gasteiger partial charge >= 0.3 is 29.8 Å². The van der Waals surface area contributed by atoms with Crippen LogP contribution < -0.4 is 5.32 Å². The number of halogens is 1. The number of ether oxygens (including phenoxy) is 5. The summed E-state index contributed by atoms with van der Waals surface area (Å²) in [6.45, 7) is 4.01. The Labute approximate surface area is 165 Å². The maximum Gasteiger partial charge on any atom is 0.306 e. The summed E-state index contributed by atoms with van der Waals surface area (Å²) in [6.07, 6.45) is -4.02. The van der Waals surface area contributed by atoms with Gasteiger partial charge in [0.25, 0.3) is 0 Å². The lowest BCUT2D eigenvalue weighted by Crippen LogP contribution is -2.66. The van der Waals surface area contributed by atoms with Gasteiger partial charge in [-0.25, -0.2) is 0 Å². The molecule has 1 fully saturated rings. The van der Waals surface area contributed by atoms with E-state index in [-0.39, 0.29) is 0 Å². The van der Waals surface area contributed by atoms with E-state index >= 15 is 0 Å². The van der Waals surface area contributed by atoms with Gasteiger partial charge in [-0.3, -0.25) is 29.3 Å². The summed E-state index contributed by atoms with van der Waals surface area (Å²) < 4.78 is 26.0. The number of alkyl halides is 1. The fourth-order valence-electron chi connectivity index (χ4n) is 2.62. The number of hydrogen-bond donors (Lipinski definition) is 1. The molecule has 158 valence electrons. The molecule has 1 rings (SSSR count). The van der Waals surface area contributed by atoms with E-state index in [9.17, 15) is 24.0 Å². The number of carbonyl (C=O) groups excluding carboxylic acids is 5. The van der Waals surface area contributed by atoms with Gasteiger partial charge in [0.1, 0.15) is 24.7 Å². The molecule has 1 amide bonds. The number of nitrogens with one attached hydrogen (secondary N) is 1. The Morgan fingerprint density at radius 1 is 1.00 bits per heavy atom. The number of hydrogen-bond acceptors (Lipinski definition) is 10. The zero-order valence-corrected chi connectivity index (χ0v) is 16.6. The van der Waals surface area contributed by atoms with Gasteiger partial charge in [0, 0.05) is 27.7 Å². The van der Waals surface area contributed by atoms with E-state index < -0.39 is 72.9 Å². The minimum absolute atomic E-state index is 0.399. The maximum atomic E-state index is 11.8. The second-order valence-corrected chi connectivity index (χ2v) is 6.18. The second-order valence-electron chi connectivity index (χ2n) is 5.91. The van der Waals surface area contributed by atoms with E-state index in [0.717, 1.165) is 27.7 Å². The average molecular weight is 424 g/mol. The third kappa shape index (κ3) is 7.31. The van der Waals surface area contributed by atoms with Gasteiger partial charge in [0.2, 0.25) is 5.91 Å². The molecule has 11 nitrogen and oxygen atoms in total. The molecule has 1 heterocycles. The lowest BCUT2D eigenvalue weighted by molar-refractivity contribution is -0.322. The monoisotopic (exact) mass is 423 g/mol. The van der Waals surface area contributed by atoms with Crippen molar-refractivity contribution in [3.05, 3.63) is 0 Å². The van der Waals surface area contributed by atoms with Crippen LogP contribution in [0.25, 0.3) is 0 Å². The Bertz CT molecular complexity index is 639. The quantitative estimate of drug-likeness (QED) is 0.252. The molecular formula is C16H22ClNO10. The van der Waals surface area contributed by atoms with Crippen molar-refractivity contribution in [1.29, 1.82) is 0 Å². The van der Waals surface area contributed by atoms with Crippen molar-refractivity contribution in [1.82, 2.24) is 5.32 Å². The molecule has 1 N–H and O–H groups in total. The van der Waals surface area contributed by atoms with E-state index in [2.05, 4.69) is 5.32 Å². The normalized spacial score (nSPS) is 26.5. The summed E-state index contributed by atoms with van der Waals surface area (Å²) in [7, 11) is 0. The fraction of sp³-hybridized carbons (Fsp3) is 0.688. The molecule has 0 spiro atoms. The third-order valence-electron chi connectivity index (χ3n) is 3.37. The van der Waals surface area contributed by atoms with Crippen LogP contribution in [-0.4, -0.2) is 66.5 Å². The molecule has 0 aliphatic carbocycles. The molecule has 0 bridgehead atoms. The summed E-state index contributed by atoms with van der Waals surface area (Å²) in [5, 5.41) is 2.30. The third-order valence-corrected chi connectivity index (χ3v) is 3.62. The lowest BCUT2D eigenvalue weighted by atomic mass is 9.98. The van der Waals surface area contributed by atoms with Crippen LogP contribution >= 0.6 is 11.6 Å². The highest BCUT2D eigenvalue weighted by Crippen LogP contribution is 2.33. The minimum atomic E-state index is -2.08. The summed E-state index contributed by atoms with van der Waals surface area (Å²) in [5.74, 6) is -6.25. The van der Waals surface area contributed by atoms with Crippen LogP contribution in [0.5, 0.6) is 0 Å². The predicted octanol–water partition coefficient (Wildman–Crippen LogP) is -0.226. The Kier molecular flexibility index (Phi) is 8.64. The Morgan fingerprint density at radius 3 is 2.07 bits per heavy atom. The minimum Gasteiger partial charge on any atom is -0.463 e. The predicted molar refractivity (Wildman–Crippen MR) is 90.6 cm³/mol. The van der Waals surface area contributed by atoms with E-state index in [1.807, 2.05) is 0 Å². The van der Waals surface area contributed by atoms with Crippen LogP contribution in [0.4, 0.5) is 0 Å². The molecule has 12 heteroatoms. The molecule has 0 aromatic carbocycles. The molecule has 1 unspecified atom stereocenters. The van der Waals surface area contributed by atoms with Gasteiger partial charge in [0.05, 0.1) is 6.42 Å². The molecule has 1 saturated heterocycles. The van der Waals surface area contributed by atoms with Crippen molar-refractivity contribution in [2.75, 3.05) is 12.5 Å². The van der Waals surface area contributed by atoms with Crippen molar-refractivity contribution in [3.8, 4) is 0 Å². The molecule has 0 aromatic heterocycles. The molecule has 28 heavy (non-hydrogen) atoms. The number of carbonyl (C=O) groups is 5. The first kappa shape index (κ1) is 23.6. The smallest absolute Gasteiger partial charge is 0.306 e. The SMILES string of the molecule is CC(=O)OC[C@H]1OC(NC(=O)CCl)(OC(C)=O)C[C@@H](OC(C)=O)[C@@H]1OC(C)=O. The number of rotatable bonds is 7. The van der Waals surface area contributed by atoms with Crippen molar-refractivity contribution in [2.24, 2.45) is 0 Å². The average Bonchev–Trinajstić information content (AvgIpc) is 2.53. The van der Waals surface area contributed by atoms with Gasteiger partial charge in [-0.1, -0.05) is 0 Å². The highest BCUT2D eigenvalue weighted by Gasteiger charge is 2.54. The number of amides is 1. The fourth-order valence-corrected chi connectivity index (χ4v) is 2.69. The van der Waals surface area contributed by atoms with Crippen LogP contribution in [-0.2, 0) is 47.7 Å². The first-order valence-corrected chi connectivity index (χ1v) is 8.73. The van der Waals surface area contributed by atoms with Crippen LogP contribution in [0.3, 0.4) is 0 Å². The topological polar surface area (TPSA) is 144 Å². The van der Waals surface area contributed by atoms with Crippen molar-refractivity contribution < 1.29 is 47.7 Å². The molecule has 0 aromatic rings. The van der Waals surface area contributed by atoms with Crippen molar-refractivity contribution >= 4 is 41.4 Å². The maximum absolute atomic E-state index is 11.8. The van der Waals surface area contributed by atoms with Crippen LogP contribution in [0.15, 0.2) is 0 Å². The van der Waals surface area contributed by atoms with Gasteiger partial charge in [0.15, 0.2) is 6.10 Å². The Morgan fingerprint density at radius 2 is 1.61 bits per heavy atom. The van der Waals surface area contributed by atoms with E-state index in [0.29, 0.717) is 0 Å². The molecule has 0 radical (unpaired) electrons. The summed E-state index contributed by atoms with van der Waals surface area (Å²) >= 11 is 5.49. The van der Waals surface area contributed by atoms with Crippen molar-refractivity contribution in [3.63, 3.8) is 0 Å². The number of esters is 4. The van der Waals surface area contributed by atoms with Crippen LogP contribution in [0, 0.1) is 0 Å². The summed E-state index contributed by atoms with van der Waals surface area (Å²) in [4.78, 5) is 57.6. The molecule has 1 aliphatic heterocycles. The van der Waals surface area contributed by atoms with Gasteiger partial charge < -0.3 is 23.7 Å².